The summed E-state index contributed by atoms with van der Waals surface area (Å²) in [6.07, 6.45) is 2.20. The topological polar surface area (TPSA) is 60.0 Å². The van der Waals surface area contributed by atoms with Crippen molar-refractivity contribution in [1.82, 2.24) is 10.2 Å². The van der Waals surface area contributed by atoms with Crippen molar-refractivity contribution in [2.45, 2.75) is 12.8 Å². The van der Waals surface area contributed by atoms with E-state index in [4.69, 9.17) is 14.2 Å². The highest BCUT2D eigenvalue weighted by atomic mass is 16.7. The van der Waals surface area contributed by atoms with Crippen molar-refractivity contribution in [3.8, 4) is 17.2 Å². The number of amides is 2. The molecular weight excluding hydrogens is 260 g/mol. The van der Waals surface area contributed by atoms with Gasteiger partial charge in [-0.25, -0.2) is 4.79 Å². The molecular formula is C14H18N2O4. The highest BCUT2D eigenvalue weighted by Gasteiger charge is 2.17. The Labute approximate surface area is 117 Å². The summed E-state index contributed by atoms with van der Waals surface area (Å²) in [7, 11) is 0. The Morgan fingerprint density at radius 2 is 2.05 bits per heavy atom. The molecule has 2 aliphatic heterocycles. The normalized spacial score (nSPS) is 16.3. The molecule has 0 saturated carbocycles. The first-order valence-corrected chi connectivity index (χ1v) is 6.88. The van der Waals surface area contributed by atoms with Gasteiger partial charge in [0.15, 0.2) is 11.5 Å². The van der Waals surface area contributed by atoms with Crippen molar-refractivity contribution < 1.29 is 19.0 Å². The fourth-order valence-electron chi connectivity index (χ4n) is 2.33. The minimum absolute atomic E-state index is 0.00298. The minimum Gasteiger partial charge on any atom is -0.492 e. The molecule has 2 heterocycles. The van der Waals surface area contributed by atoms with Crippen LogP contribution in [0.4, 0.5) is 4.79 Å². The van der Waals surface area contributed by atoms with E-state index in [0.717, 1.165) is 31.7 Å². The molecule has 0 unspecified atom stereocenters. The number of carbonyl (C=O) groups excluding carboxylic acids is 1. The quantitative estimate of drug-likeness (QED) is 0.850. The zero-order valence-electron chi connectivity index (χ0n) is 11.3. The fraction of sp³-hybridized carbons (Fsp3) is 0.500. The van der Waals surface area contributed by atoms with E-state index in [0.29, 0.717) is 24.7 Å². The summed E-state index contributed by atoms with van der Waals surface area (Å²) in [5.74, 6) is 2.15. The van der Waals surface area contributed by atoms with Gasteiger partial charge in [0.2, 0.25) is 6.79 Å². The van der Waals surface area contributed by atoms with Crippen molar-refractivity contribution >= 4 is 6.03 Å². The maximum Gasteiger partial charge on any atom is 0.317 e. The third kappa shape index (κ3) is 2.89. The van der Waals surface area contributed by atoms with Crippen molar-refractivity contribution in [1.29, 1.82) is 0 Å². The van der Waals surface area contributed by atoms with Gasteiger partial charge in [0.05, 0.1) is 6.54 Å². The van der Waals surface area contributed by atoms with E-state index < -0.39 is 0 Å². The molecule has 108 valence electrons. The molecule has 0 aliphatic carbocycles. The Hall–Kier alpha value is -2.11. The predicted octanol–water partition coefficient (Wildman–Crippen LogP) is 1.60. The number of nitrogens with zero attached hydrogens (tertiary/aromatic N) is 1. The first kappa shape index (κ1) is 12.9. The maximum absolute atomic E-state index is 11.7. The second kappa shape index (κ2) is 5.90. The van der Waals surface area contributed by atoms with Crippen LogP contribution in [0.1, 0.15) is 12.8 Å². The molecule has 1 saturated heterocycles. The number of fused-ring (bicyclic) bond motifs is 1. The number of rotatable bonds is 4. The van der Waals surface area contributed by atoms with Crippen molar-refractivity contribution in [2.24, 2.45) is 0 Å². The number of ether oxygens (including phenoxy) is 3. The molecule has 20 heavy (non-hydrogen) atoms. The van der Waals surface area contributed by atoms with Crippen LogP contribution >= 0.6 is 0 Å². The number of hydrogen-bond acceptors (Lipinski definition) is 4. The second-order valence-electron chi connectivity index (χ2n) is 4.79. The second-order valence-corrected chi connectivity index (χ2v) is 4.79. The summed E-state index contributed by atoms with van der Waals surface area (Å²) in [6, 6.07) is 5.44. The van der Waals surface area contributed by atoms with Crippen molar-refractivity contribution in [3.05, 3.63) is 18.2 Å². The molecule has 2 aliphatic rings. The van der Waals surface area contributed by atoms with Crippen LogP contribution < -0.4 is 19.5 Å². The largest absolute Gasteiger partial charge is 0.492 e. The lowest BCUT2D eigenvalue weighted by molar-refractivity contribution is 0.173. The van der Waals surface area contributed by atoms with Gasteiger partial charge in [-0.15, -0.1) is 0 Å². The van der Waals surface area contributed by atoms with Crippen LogP contribution in [0.3, 0.4) is 0 Å². The number of urea groups is 1. The smallest absolute Gasteiger partial charge is 0.317 e. The Morgan fingerprint density at radius 3 is 2.90 bits per heavy atom. The zero-order valence-corrected chi connectivity index (χ0v) is 11.3. The van der Waals surface area contributed by atoms with Gasteiger partial charge in [0.1, 0.15) is 12.4 Å². The molecule has 0 radical (unpaired) electrons. The number of benzene rings is 1. The molecule has 0 spiro atoms. The molecule has 1 N–H and O–H groups in total. The maximum atomic E-state index is 11.7. The SMILES string of the molecule is O=C(NCCOc1ccc2c(c1)OCO2)N1CCCC1. The standard InChI is InChI=1S/C14H18N2O4/c17-14(16-6-1-2-7-16)15-5-8-18-11-3-4-12-13(9-11)20-10-19-12/h3-4,9H,1-2,5-8,10H2,(H,15,17). The fourth-order valence-corrected chi connectivity index (χ4v) is 2.33. The summed E-state index contributed by atoms with van der Waals surface area (Å²) < 4.78 is 16.1. The number of hydrogen-bond donors (Lipinski definition) is 1. The lowest BCUT2D eigenvalue weighted by atomic mass is 10.3. The van der Waals surface area contributed by atoms with Crippen LogP contribution in [0.2, 0.25) is 0 Å². The van der Waals surface area contributed by atoms with Crippen LogP contribution in [0, 0.1) is 0 Å². The molecule has 6 nitrogen and oxygen atoms in total. The molecule has 3 rings (SSSR count). The van der Waals surface area contributed by atoms with E-state index >= 15 is 0 Å². The Kier molecular flexibility index (Phi) is 3.80. The third-order valence-corrected chi connectivity index (χ3v) is 3.38. The van der Waals surface area contributed by atoms with E-state index in [1.807, 2.05) is 17.0 Å². The third-order valence-electron chi connectivity index (χ3n) is 3.38. The predicted molar refractivity (Wildman–Crippen MR) is 72.3 cm³/mol. The Balaban J connectivity index is 1.40. The molecule has 0 bridgehead atoms. The summed E-state index contributed by atoms with van der Waals surface area (Å²) in [6.45, 7) is 2.89. The van der Waals surface area contributed by atoms with Gasteiger partial charge in [-0.2, -0.15) is 0 Å². The van der Waals surface area contributed by atoms with Crippen LogP contribution in [-0.2, 0) is 0 Å². The highest BCUT2D eigenvalue weighted by Crippen LogP contribution is 2.34. The Bertz CT molecular complexity index is 486. The molecule has 1 fully saturated rings. The van der Waals surface area contributed by atoms with Gasteiger partial charge in [-0.05, 0) is 25.0 Å². The summed E-state index contributed by atoms with van der Waals surface area (Å²) in [4.78, 5) is 13.6. The average molecular weight is 278 g/mol. The van der Waals surface area contributed by atoms with Crippen molar-refractivity contribution in [2.75, 3.05) is 33.0 Å². The number of likely N-dealkylation sites (tertiary alicyclic amines) is 1. The molecule has 0 aromatic heterocycles. The van der Waals surface area contributed by atoms with Crippen molar-refractivity contribution in [3.63, 3.8) is 0 Å². The van der Waals surface area contributed by atoms with E-state index in [9.17, 15) is 4.79 Å². The van der Waals surface area contributed by atoms with Gasteiger partial charge >= 0.3 is 6.03 Å². The average Bonchev–Trinajstić information content (AvgIpc) is 3.13. The molecule has 2 amide bonds. The van der Waals surface area contributed by atoms with E-state index in [2.05, 4.69) is 5.32 Å². The highest BCUT2D eigenvalue weighted by molar-refractivity contribution is 5.74. The van der Waals surface area contributed by atoms with Gasteiger partial charge in [-0.3, -0.25) is 0 Å². The monoisotopic (exact) mass is 278 g/mol. The zero-order chi connectivity index (χ0) is 13.8. The van der Waals surface area contributed by atoms with E-state index in [1.54, 1.807) is 6.07 Å². The van der Waals surface area contributed by atoms with Gasteiger partial charge in [0, 0.05) is 19.2 Å². The first-order chi connectivity index (χ1) is 9.83. The lowest BCUT2D eigenvalue weighted by Crippen LogP contribution is -2.39. The van der Waals surface area contributed by atoms with Crippen LogP contribution in [0.25, 0.3) is 0 Å². The van der Waals surface area contributed by atoms with Crippen LogP contribution in [-0.4, -0.2) is 44.0 Å². The van der Waals surface area contributed by atoms with Gasteiger partial charge in [0.25, 0.3) is 0 Å². The number of carbonyl (C=O) groups is 1. The molecule has 0 atom stereocenters. The summed E-state index contributed by atoms with van der Waals surface area (Å²) in [5, 5.41) is 2.85. The summed E-state index contributed by atoms with van der Waals surface area (Å²) in [5.41, 5.74) is 0. The number of nitrogens with one attached hydrogen (secondary N) is 1. The Morgan fingerprint density at radius 1 is 1.25 bits per heavy atom. The molecule has 6 heteroatoms. The minimum atomic E-state index is -0.00298. The van der Waals surface area contributed by atoms with Crippen LogP contribution in [0.15, 0.2) is 18.2 Å². The molecule has 1 aromatic rings. The van der Waals surface area contributed by atoms with Gasteiger partial charge < -0.3 is 24.4 Å². The van der Waals surface area contributed by atoms with E-state index in [-0.39, 0.29) is 12.8 Å². The molecule has 1 aromatic carbocycles. The lowest BCUT2D eigenvalue weighted by Gasteiger charge is -2.16. The summed E-state index contributed by atoms with van der Waals surface area (Å²) >= 11 is 0. The van der Waals surface area contributed by atoms with Gasteiger partial charge in [-0.1, -0.05) is 0 Å². The first-order valence-electron chi connectivity index (χ1n) is 6.88. The van der Waals surface area contributed by atoms with Crippen LogP contribution in [0.5, 0.6) is 17.2 Å². The van der Waals surface area contributed by atoms with E-state index in [1.165, 1.54) is 0 Å².